The van der Waals surface area contributed by atoms with E-state index in [0.717, 1.165) is 24.3 Å². The van der Waals surface area contributed by atoms with Gasteiger partial charge >= 0.3 is 6.36 Å². The van der Waals surface area contributed by atoms with Crippen molar-refractivity contribution in [1.29, 1.82) is 0 Å². The van der Waals surface area contributed by atoms with E-state index in [1.165, 1.54) is 18.2 Å². The summed E-state index contributed by atoms with van der Waals surface area (Å²) in [7, 11) is -4.25. The summed E-state index contributed by atoms with van der Waals surface area (Å²) in [5.41, 5.74) is 1.02. The average molecular weight is 540 g/mol. The first-order chi connectivity index (χ1) is 17.5. The van der Waals surface area contributed by atoms with Gasteiger partial charge in [-0.3, -0.25) is 0 Å². The monoisotopic (exact) mass is 540 g/mol. The van der Waals surface area contributed by atoms with Gasteiger partial charge in [0, 0.05) is 6.07 Å². The van der Waals surface area contributed by atoms with Crippen molar-refractivity contribution in [2.75, 3.05) is 18.1 Å². The van der Waals surface area contributed by atoms with Gasteiger partial charge in [0.15, 0.2) is 11.5 Å². The first kappa shape index (κ1) is 25.3. The fourth-order valence-corrected chi connectivity index (χ4v) is 5.55. The second kappa shape index (κ2) is 9.49. The van der Waals surface area contributed by atoms with Gasteiger partial charge in [-0.1, -0.05) is 12.1 Å². The number of aliphatic hydroxyl groups is 1. The standard InChI is InChI=1S/C24H20F4N2O6S/c25-14-5-10-19-22(11-14)35-21-4-2-1-3-18(21)30(19)20-13-34-12-17(23(20)31)29-37(32,33)16-8-6-15(7-9-16)36-24(26,27)28/h1-11,17,20,23,29,31H,12-13H2/t17-,20+,23+/m1/s1. The summed E-state index contributed by atoms with van der Waals surface area (Å²) in [5, 5.41) is 11.3. The Bertz CT molecular complexity index is 1400. The van der Waals surface area contributed by atoms with Gasteiger partial charge in [0.05, 0.1) is 47.7 Å². The molecule has 5 rings (SSSR count). The molecule has 0 radical (unpaired) electrons. The number of alkyl halides is 3. The molecule has 37 heavy (non-hydrogen) atoms. The molecule has 1 fully saturated rings. The Labute approximate surface area is 209 Å². The molecule has 0 saturated carbocycles. The van der Waals surface area contributed by atoms with Gasteiger partial charge < -0.3 is 24.2 Å². The van der Waals surface area contributed by atoms with Crippen LogP contribution in [0, 0.1) is 5.82 Å². The predicted octanol–water partition coefficient (Wildman–Crippen LogP) is 4.07. The highest BCUT2D eigenvalue weighted by atomic mass is 32.2. The number of sulfonamides is 1. The molecule has 1 saturated heterocycles. The zero-order valence-corrected chi connectivity index (χ0v) is 19.7. The third kappa shape index (κ3) is 5.21. The first-order valence-electron chi connectivity index (χ1n) is 11.0. The largest absolute Gasteiger partial charge is 0.573 e. The van der Waals surface area contributed by atoms with Crippen LogP contribution in [0.1, 0.15) is 0 Å². The summed E-state index contributed by atoms with van der Waals surface area (Å²) in [4.78, 5) is 1.39. The number of para-hydroxylation sites is 2. The second-order valence-corrected chi connectivity index (χ2v) is 10.1. The zero-order valence-electron chi connectivity index (χ0n) is 18.9. The van der Waals surface area contributed by atoms with Gasteiger partial charge in [0.25, 0.3) is 0 Å². The fourth-order valence-electron chi connectivity index (χ4n) is 4.32. The van der Waals surface area contributed by atoms with Crippen LogP contribution in [0.2, 0.25) is 0 Å². The number of ether oxygens (including phenoxy) is 3. The molecule has 8 nitrogen and oxygen atoms in total. The van der Waals surface area contributed by atoms with Crippen molar-refractivity contribution in [2.24, 2.45) is 0 Å². The second-order valence-electron chi connectivity index (χ2n) is 8.39. The lowest BCUT2D eigenvalue weighted by Gasteiger charge is -2.44. The molecule has 2 N–H and O–H groups in total. The maximum Gasteiger partial charge on any atom is 0.573 e. The molecule has 3 aromatic rings. The van der Waals surface area contributed by atoms with E-state index in [1.807, 2.05) is 0 Å². The number of hydrogen-bond donors (Lipinski definition) is 2. The number of nitrogens with one attached hydrogen (secondary N) is 1. The minimum Gasteiger partial charge on any atom is -0.453 e. The third-order valence-corrected chi connectivity index (χ3v) is 7.43. The first-order valence-corrected chi connectivity index (χ1v) is 12.5. The molecule has 196 valence electrons. The van der Waals surface area contributed by atoms with E-state index >= 15 is 0 Å². The Balaban J connectivity index is 1.40. The highest BCUT2D eigenvalue weighted by Gasteiger charge is 2.42. The van der Waals surface area contributed by atoms with Crippen LogP contribution < -0.4 is 19.1 Å². The number of benzene rings is 3. The Morgan fingerprint density at radius 3 is 2.41 bits per heavy atom. The topological polar surface area (TPSA) is 97.3 Å². The van der Waals surface area contributed by atoms with E-state index in [0.29, 0.717) is 17.1 Å². The van der Waals surface area contributed by atoms with Crippen molar-refractivity contribution in [1.82, 2.24) is 4.72 Å². The lowest BCUT2D eigenvalue weighted by molar-refractivity contribution is -0.274. The molecule has 3 atom stereocenters. The Kier molecular flexibility index (Phi) is 6.48. The van der Waals surface area contributed by atoms with Crippen molar-refractivity contribution in [2.45, 2.75) is 29.4 Å². The van der Waals surface area contributed by atoms with Gasteiger partial charge in [-0.2, -0.15) is 0 Å². The predicted molar refractivity (Wildman–Crippen MR) is 123 cm³/mol. The van der Waals surface area contributed by atoms with Crippen LogP contribution in [0.5, 0.6) is 17.2 Å². The summed E-state index contributed by atoms with van der Waals surface area (Å²) >= 11 is 0. The number of fused-ring (bicyclic) bond motifs is 2. The number of nitrogens with zero attached hydrogens (tertiary/aromatic N) is 1. The molecular weight excluding hydrogens is 520 g/mol. The van der Waals surface area contributed by atoms with Gasteiger partial charge in [-0.05, 0) is 48.5 Å². The molecule has 13 heteroatoms. The Hall–Kier alpha value is -3.39. The minimum absolute atomic E-state index is 0.0218. The number of rotatable bonds is 5. The van der Waals surface area contributed by atoms with Gasteiger partial charge in [0.1, 0.15) is 11.6 Å². The summed E-state index contributed by atoms with van der Waals surface area (Å²) < 4.78 is 94.6. The van der Waals surface area contributed by atoms with Crippen LogP contribution in [0.25, 0.3) is 0 Å². The van der Waals surface area contributed by atoms with Crippen molar-refractivity contribution in [3.8, 4) is 17.2 Å². The van der Waals surface area contributed by atoms with E-state index in [-0.39, 0.29) is 23.9 Å². The molecule has 3 aromatic carbocycles. The Morgan fingerprint density at radius 1 is 0.973 bits per heavy atom. The molecule has 2 heterocycles. The fraction of sp³-hybridized carbons (Fsp3) is 0.250. The van der Waals surface area contributed by atoms with Crippen LogP contribution in [0.4, 0.5) is 28.9 Å². The molecule has 0 amide bonds. The van der Waals surface area contributed by atoms with Crippen LogP contribution in [0.15, 0.2) is 71.6 Å². The maximum atomic E-state index is 13.9. The minimum atomic E-state index is -4.92. The van der Waals surface area contributed by atoms with Crippen LogP contribution in [-0.4, -0.2) is 51.3 Å². The van der Waals surface area contributed by atoms with Crippen LogP contribution in [-0.2, 0) is 14.8 Å². The normalized spacial score (nSPS) is 21.5. The van der Waals surface area contributed by atoms with Crippen LogP contribution in [0.3, 0.4) is 0 Å². The highest BCUT2D eigenvalue weighted by Crippen LogP contribution is 2.48. The van der Waals surface area contributed by atoms with E-state index in [2.05, 4.69) is 9.46 Å². The van der Waals surface area contributed by atoms with Crippen molar-refractivity contribution >= 4 is 21.4 Å². The van der Waals surface area contributed by atoms with E-state index in [9.17, 15) is 31.1 Å². The summed E-state index contributed by atoms with van der Waals surface area (Å²) in [6.45, 7) is -0.136. The SMILES string of the molecule is O=S(=O)(N[C@@H]1COC[C@H](N2c3ccccc3Oc3cc(F)ccc32)[C@H]1O)c1ccc(OC(F)(F)F)cc1. The van der Waals surface area contributed by atoms with Gasteiger partial charge in [-0.25, -0.2) is 17.5 Å². The molecule has 0 spiro atoms. The third-order valence-electron chi connectivity index (χ3n) is 5.92. The molecule has 2 aliphatic heterocycles. The molecule has 0 bridgehead atoms. The summed E-state index contributed by atoms with van der Waals surface area (Å²) in [5.74, 6) is -0.462. The average Bonchev–Trinajstić information content (AvgIpc) is 2.83. The van der Waals surface area contributed by atoms with E-state index < -0.39 is 46.1 Å². The molecule has 0 unspecified atom stereocenters. The Morgan fingerprint density at radius 2 is 1.68 bits per heavy atom. The number of aliphatic hydroxyl groups excluding tert-OH is 1. The molecular formula is C24H20F4N2O6S. The lowest BCUT2D eigenvalue weighted by atomic mass is 9.98. The highest BCUT2D eigenvalue weighted by molar-refractivity contribution is 7.89. The molecule has 0 aromatic heterocycles. The van der Waals surface area contributed by atoms with Crippen molar-refractivity contribution in [3.63, 3.8) is 0 Å². The molecule has 2 aliphatic rings. The van der Waals surface area contributed by atoms with Crippen molar-refractivity contribution < 1.29 is 45.3 Å². The van der Waals surface area contributed by atoms with Crippen LogP contribution >= 0.6 is 0 Å². The van der Waals surface area contributed by atoms with E-state index in [4.69, 9.17) is 9.47 Å². The van der Waals surface area contributed by atoms with Gasteiger partial charge in [0.2, 0.25) is 10.0 Å². The summed E-state index contributed by atoms with van der Waals surface area (Å²) in [6.07, 6.45) is -6.21. The number of halogens is 4. The molecule has 0 aliphatic carbocycles. The number of hydrogen-bond acceptors (Lipinski definition) is 7. The quantitative estimate of drug-likeness (QED) is 0.471. The number of anilines is 2. The van der Waals surface area contributed by atoms with Gasteiger partial charge in [-0.15, -0.1) is 13.2 Å². The maximum absolute atomic E-state index is 13.9. The van der Waals surface area contributed by atoms with Crippen molar-refractivity contribution in [3.05, 3.63) is 72.5 Å². The smallest absolute Gasteiger partial charge is 0.453 e. The lowest BCUT2D eigenvalue weighted by Crippen LogP contribution is -2.60. The summed E-state index contributed by atoms with van der Waals surface area (Å²) in [6, 6.07) is 12.6. The zero-order chi connectivity index (χ0) is 26.4. The van der Waals surface area contributed by atoms with E-state index in [1.54, 1.807) is 29.2 Å².